The number of para-hydroxylation sites is 1. The molecule has 6 rings (SSSR count). The summed E-state index contributed by atoms with van der Waals surface area (Å²) in [5.41, 5.74) is 9.43. The van der Waals surface area contributed by atoms with Gasteiger partial charge in [-0.2, -0.15) is 0 Å². The van der Waals surface area contributed by atoms with Crippen LogP contribution in [0.2, 0.25) is 0 Å². The van der Waals surface area contributed by atoms with Crippen LogP contribution < -0.4 is 16.4 Å². The van der Waals surface area contributed by atoms with Gasteiger partial charge >= 0.3 is 12.1 Å². The molecule has 236 valence electrons. The van der Waals surface area contributed by atoms with Crippen molar-refractivity contribution in [3.8, 4) is 0 Å². The van der Waals surface area contributed by atoms with Crippen molar-refractivity contribution < 1.29 is 19.1 Å². The Balaban J connectivity index is 1.06. The SMILES string of the molecule is Nc1ccc(CC(OC(=O)N2CCC(N3CCc4ccccc4NC3=O)CC2)C(=O)N2CCC(N3CCNCC3)CC2)cc1. The van der Waals surface area contributed by atoms with Crippen LogP contribution in [0.15, 0.2) is 48.5 Å². The van der Waals surface area contributed by atoms with E-state index < -0.39 is 12.2 Å². The van der Waals surface area contributed by atoms with Gasteiger partial charge in [0, 0.05) is 88.8 Å². The smallest absolute Gasteiger partial charge is 0.410 e. The summed E-state index contributed by atoms with van der Waals surface area (Å²) in [5, 5.41) is 6.46. The maximum absolute atomic E-state index is 13.8. The van der Waals surface area contributed by atoms with Crippen molar-refractivity contribution in [2.75, 3.05) is 70.0 Å². The summed E-state index contributed by atoms with van der Waals surface area (Å²) in [4.78, 5) is 48.3. The van der Waals surface area contributed by atoms with E-state index in [0.29, 0.717) is 63.7 Å². The van der Waals surface area contributed by atoms with Gasteiger partial charge in [0.25, 0.3) is 5.91 Å². The van der Waals surface area contributed by atoms with Crippen molar-refractivity contribution in [1.82, 2.24) is 24.9 Å². The van der Waals surface area contributed by atoms with Gasteiger partial charge in [0.2, 0.25) is 0 Å². The van der Waals surface area contributed by atoms with Crippen LogP contribution in [0.5, 0.6) is 0 Å². The second-order valence-electron chi connectivity index (χ2n) is 12.4. The molecule has 1 atom stereocenters. The van der Waals surface area contributed by atoms with E-state index in [1.54, 1.807) is 17.0 Å². The Hall–Kier alpha value is -3.83. The van der Waals surface area contributed by atoms with Crippen molar-refractivity contribution in [2.24, 2.45) is 0 Å². The van der Waals surface area contributed by atoms with Gasteiger partial charge in [-0.3, -0.25) is 9.69 Å². The lowest BCUT2D eigenvalue weighted by Gasteiger charge is -2.41. The Kier molecular flexibility index (Phi) is 9.51. The monoisotopic (exact) mass is 603 g/mol. The number of hydrogen-bond donors (Lipinski definition) is 3. The van der Waals surface area contributed by atoms with Gasteiger partial charge in [0.15, 0.2) is 6.10 Å². The van der Waals surface area contributed by atoms with Gasteiger partial charge < -0.3 is 35.8 Å². The van der Waals surface area contributed by atoms with Crippen molar-refractivity contribution in [2.45, 2.75) is 56.7 Å². The minimum Gasteiger partial charge on any atom is -0.436 e. The fourth-order valence-corrected chi connectivity index (χ4v) is 7.04. The minimum atomic E-state index is -0.908. The van der Waals surface area contributed by atoms with Gasteiger partial charge in [-0.15, -0.1) is 0 Å². The number of nitrogens with zero attached hydrogens (tertiary/aromatic N) is 4. The molecule has 4 amide bonds. The Morgan fingerprint density at radius 2 is 1.50 bits per heavy atom. The molecule has 0 aromatic heterocycles. The highest BCUT2D eigenvalue weighted by Gasteiger charge is 2.36. The molecule has 3 saturated heterocycles. The highest BCUT2D eigenvalue weighted by Crippen LogP contribution is 2.26. The number of amides is 4. The average Bonchev–Trinajstić information content (AvgIpc) is 3.23. The lowest BCUT2D eigenvalue weighted by molar-refractivity contribution is -0.142. The molecule has 0 radical (unpaired) electrons. The number of carbonyl (C=O) groups is 3. The van der Waals surface area contributed by atoms with Crippen molar-refractivity contribution in [3.05, 3.63) is 59.7 Å². The van der Waals surface area contributed by atoms with Crippen LogP contribution >= 0.6 is 0 Å². The molecular weight excluding hydrogens is 558 g/mol. The summed E-state index contributed by atoms with van der Waals surface area (Å²) in [6, 6.07) is 15.7. The molecule has 4 N–H and O–H groups in total. The molecule has 4 aliphatic rings. The van der Waals surface area contributed by atoms with E-state index in [1.807, 2.05) is 40.1 Å². The maximum atomic E-state index is 13.8. The number of hydrogen-bond acceptors (Lipinski definition) is 7. The number of fused-ring (bicyclic) bond motifs is 1. The lowest BCUT2D eigenvalue weighted by Crippen LogP contribution is -2.54. The number of carbonyl (C=O) groups excluding carboxylic acids is 3. The third kappa shape index (κ3) is 7.10. The number of piperidine rings is 2. The summed E-state index contributed by atoms with van der Waals surface area (Å²) in [7, 11) is 0. The predicted octanol–water partition coefficient (Wildman–Crippen LogP) is 2.77. The number of nitrogen functional groups attached to an aromatic ring is 1. The van der Waals surface area contributed by atoms with E-state index in [2.05, 4.69) is 21.6 Å². The van der Waals surface area contributed by atoms with Gasteiger partial charge in [0.05, 0.1) is 0 Å². The molecule has 3 fully saturated rings. The highest BCUT2D eigenvalue weighted by atomic mass is 16.6. The number of anilines is 2. The maximum Gasteiger partial charge on any atom is 0.410 e. The molecule has 2 aromatic rings. The molecule has 11 nitrogen and oxygen atoms in total. The van der Waals surface area contributed by atoms with Crippen LogP contribution in [0.25, 0.3) is 0 Å². The zero-order valence-electron chi connectivity index (χ0n) is 25.5. The van der Waals surface area contributed by atoms with E-state index in [4.69, 9.17) is 10.5 Å². The van der Waals surface area contributed by atoms with Crippen molar-refractivity contribution >= 4 is 29.4 Å². The lowest BCUT2D eigenvalue weighted by atomic mass is 10.0. The Morgan fingerprint density at radius 1 is 0.841 bits per heavy atom. The summed E-state index contributed by atoms with van der Waals surface area (Å²) in [5.74, 6) is -0.135. The minimum absolute atomic E-state index is 0.0394. The second-order valence-corrected chi connectivity index (χ2v) is 12.4. The fraction of sp³-hybridized carbons (Fsp3) is 0.545. The molecule has 4 aliphatic heterocycles. The largest absolute Gasteiger partial charge is 0.436 e. The van der Waals surface area contributed by atoms with Crippen LogP contribution in [0.1, 0.15) is 36.8 Å². The number of nitrogens with two attached hydrogens (primary N) is 1. The standard InChI is InChI=1S/C33H45N7O4/c34-26-7-5-24(6-8-26)23-30(31(41)38-16-10-27(11-17-38)37-21-14-35-15-22-37)44-33(43)39-18-12-28(13-19-39)40-20-9-25-3-1-2-4-29(25)36-32(40)42/h1-8,27-28,30,35H,9-23,34H2,(H,36,42). The quantitative estimate of drug-likeness (QED) is 0.434. The Bertz CT molecular complexity index is 1300. The summed E-state index contributed by atoms with van der Waals surface area (Å²) in [6.07, 6.45) is 2.89. The van der Waals surface area contributed by atoms with E-state index in [1.165, 1.54) is 0 Å². The van der Waals surface area contributed by atoms with Gasteiger partial charge in [0.1, 0.15) is 0 Å². The first-order valence-electron chi connectivity index (χ1n) is 16.1. The number of nitrogens with one attached hydrogen (secondary N) is 2. The normalized spacial score (nSPS) is 21.3. The molecule has 0 bridgehead atoms. The molecule has 2 aromatic carbocycles. The number of benzene rings is 2. The van der Waals surface area contributed by atoms with Crippen molar-refractivity contribution in [1.29, 1.82) is 0 Å². The van der Waals surface area contributed by atoms with Crippen LogP contribution in [0.4, 0.5) is 21.0 Å². The molecule has 44 heavy (non-hydrogen) atoms. The Labute approximate surface area is 259 Å². The molecule has 4 heterocycles. The van der Waals surface area contributed by atoms with Crippen LogP contribution in [-0.2, 0) is 22.4 Å². The second kappa shape index (κ2) is 13.9. The molecule has 1 unspecified atom stereocenters. The third-order valence-corrected chi connectivity index (χ3v) is 9.67. The van der Waals surface area contributed by atoms with Gasteiger partial charge in [-0.05, 0) is 61.4 Å². The van der Waals surface area contributed by atoms with Crippen LogP contribution in [-0.4, -0.2) is 115 Å². The first-order chi connectivity index (χ1) is 21.4. The molecule has 11 heteroatoms. The van der Waals surface area contributed by atoms with Crippen LogP contribution in [0.3, 0.4) is 0 Å². The first-order valence-corrected chi connectivity index (χ1v) is 16.1. The Morgan fingerprint density at radius 3 is 2.23 bits per heavy atom. The molecule has 0 saturated carbocycles. The topological polar surface area (TPSA) is 123 Å². The van der Waals surface area contributed by atoms with E-state index in [0.717, 1.165) is 62.3 Å². The van der Waals surface area contributed by atoms with Crippen LogP contribution in [0, 0.1) is 0 Å². The van der Waals surface area contributed by atoms with E-state index >= 15 is 0 Å². The average molecular weight is 604 g/mol. The number of rotatable bonds is 6. The summed E-state index contributed by atoms with van der Waals surface area (Å²) >= 11 is 0. The fourth-order valence-electron chi connectivity index (χ4n) is 7.04. The van der Waals surface area contributed by atoms with Crippen molar-refractivity contribution in [3.63, 3.8) is 0 Å². The first kappa shape index (κ1) is 30.2. The molecule has 0 aliphatic carbocycles. The molecular formula is C33H45N7O4. The molecule has 0 spiro atoms. The number of likely N-dealkylation sites (tertiary alicyclic amines) is 2. The van der Waals surface area contributed by atoms with E-state index in [9.17, 15) is 14.4 Å². The summed E-state index contributed by atoms with van der Waals surface area (Å²) < 4.78 is 6.00. The number of ether oxygens (including phenoxy) is 1. The zero-order chi connectivity index (χ0) is 30.5. The zero-order valence-corrected chi connectivity index (χ0v) is 25.5. The van der Waals surface area contributed by atoms with Gasteiger partial charge in [-0.1, -0.05) is 30.3 Å². The summed E-state index contributed by atoms with van der Waals surface area (Å²) in [6.45, 7) is 7.02. The van der Waals surface area contributed by atoms with Gasteiger partial charge in [-0.25, -0.2) is 9.59 Å². The number of piperazine rings is 1. The highest BCUT2D eigenvalue weighted by molar-refractivity contribution is 5.91. The predicted molar refractivity (Wildman–Crippen MR) is 169 cm³/mol. The number of urea groups is 1. The third-order valence-electron chi connectivity index (χ3n) is 9.67. The van der Waals surface area contributed by atoms with E-state index in [-0.39, 0.29) is 18.0 Å².